The van der Waals surface area contributed by atoms with E-state index >= 15 is 0 Å². The van der Waals surface area contributed by atoms with Gasteiger partial charge < -0.3 is 9.84 Å². The molecule has 0 bridgehead atoms. The second-order valence-electron chi connectivity index (χ2n) is 5.28. The van der Waals surface area contributed by atoms with Gasteiger partial charge in [-0.05, 0) is 44.9 Å². The number of amides is 1. The number of hydrogen-bond donors (Lipinski definition) is 1. The summed E-state index contributed by atoms with van der Waals surface area (Å²) in [5, 5.41) is 9.67. The van der Waals surface area contributed by atoms with Crippen molar-refractivity contribution < 1.29 is 14.6 Å². The van der Waals surface area contributed by atoms with Gasteiger partial charge in [-0.25, -0.2) is 4.79 Å². The van der Waals surface area contributed by atoms with E-state index in [1.165, 1.54) is 11.3 Å². The molecule has 2 aliphatic rings. The Labute approximate surface area is 103 Å². The van der Waals surface area contributed by atoms with E-state index in [0.29, 0.717) is 13.0 Å². The maximum absolute atomic E-state index is 12.0. The lowest BCUT2D eigenvalue weighted by atomic mass is 9.83. The van der Waals surface area contributed by atoms with Gasteiger partial charge in [0.1, 0.15) is 11.8 Å². The van der Waals surface area contributed by atoms with Crippen molar-refractivity contribution in [2.24, 2.45) is 0 Å². The highest BCUT2D eigenvalue weighted by atomic mass is 16.6. The summed E-state index contributed by atoms with van der Waals surface area (Å²) in [6.07, 6.45) is 6.93. The molecule has 17 heavy (non-hydrogen) atoms. The third-order valence-electron chi connectivity index (χ3n) is 4.17. The van der Waals surface area contributed by atoms with Crippen molar-refractivity contribution in [1.82, 2.24) is 4.90 Å². The van der Waals surface area contributed by atoms with Gasteiger partial charge in [0.05, 0.1) is 0 Å². The first kappa shape index (κ1) is 12.7. The van der Waals surface area contributed by atoms with Crippen LogP contribution in [0.15, 0.2) is 0 Å². The molecule has 1 heterocycles. The predicted molar refractivity (Wildman–Crippen MR) is 64.5 cm³/mol. The SMILES string of the molecule is CCC1(OC(=O)N2CCCC2O)CCCCC1. The van der Waals surface area contributed by atoms with Gasteiger partial charge in [-0.2, -0.15) is 0 Å². The Morgan fingerprint density at radius 1 is 1.35 bits per heavy atom. The number of carbonyl (C=O) groups is 1. The zero-order chi connectivity index (χ0) is 12.3. The highest BCUT2D eigenvalue weighted by Gasteiger charge is 2.37. The molecule has 1 atom stereocenters. The summed E-state index contributed by atoms with van der Waals surface area (Å²) in [5.41, 5.74) is -0.266. The largest absolute Gasteiger partial charge is 0.443 e. The molecule has 2 rings (SSSR count). The van der Waals surface area contributed by atoms with Crippen LogP contribution in [0.1, 0.15) is 58.3 Å². The van der Waals surface area contributed by atoms with Crippen LogP contribution in [0.2, 0.25) is 0 Å². The number of aliphatic hydroxyl groups is 1. The lowest BCUT2D eigenvalue weighted by molar-refractivity contribution is -0.0541. The fraction of sp³-hybridized carbons (Fsp3) is 0.923. The molecule has 1 saturated heterocycles. The number of nitrogens with zero attached hydrogens (tertiary/aromatic N) is 1. The highest BCUT2D eigenvalue weighted by molar-refractivity contribution is 5.68. The number of hydrogen-bond acceptors (Lipinski definition) is 3. The Bertz CT molecular complexity index is 274. The first-order valence-corrected chi connectivity index (χ1v) is 6.84. The van der Waals surface area contributed by atoms with E-state index in [2.05, 4.69) is 6.92 Å². The predicted octanol–water partition coefficient (Wildman–Crippen LogP) is 2.65. The molecule has 1 saturated carbocycles. The lowest BCUT2D eigenvalue weighted by Crippen LogP contribution is -2.44. The summed E-state index contributed by atoms with van der Waals surface area (Å²) in [5.74, 6) is 0. The molecule has 1 amide bonds. The first-order valence-electron chi connectivity index (χ1n) is 6.84. The maximum Gasteiger partial charge on any atom is 0.412 e. The van der Waals surface area contributed by atoms with E-state index in [1.807, 2.05) is 0 Å². The molecule has 0 aromatic carbocycles. The molecule has 1 aliphatic carbocycles. The normalized spacial score (nSPS) is 28.1. The standard InChI is InChI=1S/C13H23NO3/c1-2-13(8-4-3-5-9-13)17-12(16)14-10-6-7-11(14)15/h11,15H,2-10H2,1H3. The van der Waals surface area contributed by atoms with Gasteiger partial charge in [0.25, 0.3) is 0 Å². The number of aliphatic hydroxyl groups excluding tert-OH is 1. The second kappa shape index (κ2) is 5.25. The Morgan fingerprint density at radius 3 is 2.59 bits per heavy atom. The van der Waals surface area contributed by atoms with Crippen LogP contribution in [-0.2, 0) is 4.74 Å². The third-order valence-corrected chi connectivity index (χ3v) is 4.17. The molecule has 4 nitrogen and oxygen atoms in total. The van der Waals surface area contributed by atoms with Gasteiger partial charge in [-0.3, -0.25) is 4.90 Å². The van der Waals surface area contributed by atoms with Crippen LogP contribution in [0.4, 0.5) is 4.79 Å². The summed E-state index contributed by atoms with van der Waals surface area (Å²) in [4.78, 5) is 13.5. The topological polar surface area (TPSA) is 49.8 Å². The van der Waals surface area contributed by atoms with Gasteiger partial charge in [-0.1, -0.05) is 13.3 Å². The molecule has 1 unspecified atom stereocenters. The van der Waals surface area contributed by atoms with Crippen LogP contribution in [0.3, 0.4) is 0 Å². The summed E-state index contributed by atoms with van der Waals surface area (Å²) >= 11 is 0. The van der Waals surface area contributed by atoms with Crippen LogP contribution >= 0.6 is 0 Å². The monoisotopic (exact) mass is 241 g/mol. The molecule has 1 N–H and O–H groups in total. The Balaban J connectivity index is 1.95. The van der Waals surface area contributed by atoms with Crippen molar-refractivity contribution in [2.75, 3.05) is 6.54 Å². The van der Waals surface area contributed by atoms with Crippen LogP contribution in [0, 0.1) is 0 Å². The number of likely N-dealkylation sites (tertiary alicyclic amines) is 1. The summed E-state index contributed by atoms with van der Waals surface area (Å²) in [6, 6.07) is 0. The molecule has 2 fully saturated rings. The van der Waals surface area contributed by atoms with Crippen LogP contribution < -0.4 is 0 Å². The van der Waals surface area contributed by atoms with E-state index in [-0.39, 0.29) is 11.7 Å². The third kappa shape index (κ3) is 2.73. The maximum atomic E-state index is 12.0. The minimum absolute atomic E-state index is 0.266. The van der Waals surface area contributed by atoms with E-state index in [4.69, 9.17) is 4.74 Å². The molecule has 98 valence electrons. The smallest absolute Gasteiger partial charge is 0.412 e. The van der Waals surface area contributed by atoms with Crippen LogP contribution in [0.5, 0.6) is 0 Å². The van der Waals surface area contributed by atoms with E-state index in [0.717, 1.165) is 38.5 Å². The minimum Gasteiger partial charge on any atom is -0.443 e. The van der Waals surface area contributed by atoms with Gasteiger partial charge in [0.15, 0.2) is 0 Å². The molecule has 0 spiro atoms. The number of ether oxygens (including phenoxy) is 1. The van der Waals surface area contributed by atoms with Crippen molar-refractivity contribution in [2.45, 2.75) is 70.1 Å². The summed E-state index contributed by atoms with van der Waals surface area (Å²) < 4.78 is 5.71. The van der Waals surface area contributed by atoms with Crippen molar-refractivity contribution >= 4 is 6.09 Å². The minimum atomic E-state index is -0.639. The molecular formula is C13H23NO3. The zero-order valence-corrected chi connectivity index (χ0v) is 10.7. The van der Waals surface area contributed by atoms with Gasteiger partial charge >= 0.3 is 6.09 Å². The summed E-state index contributed by atoms with van der Waals surface area (Å²) in [7, 11) is 0. The quantitative estimate of drug-likeness (QED) is 0.808. The average molecular weight is 241 g/mol. The van der Waals surface area contributed by atoms with Crippen LogP contribution in [0.25, 0.3) is 0 Å². The molecule has 0 aromatic rings. The first-order chi connectivity index (χ1) is 8.17. The zero-order valence-electron chi connectivity index (χ0n) is 10.7. The second-order valence-corrected chi connectivity index (χ2v) is 5.28. The van der Waals surface area contributed by atoms with Crippen molar-refractivity contribution in [3.05, 3.63) is 0 Å². The fourth-order valence-electron chi connectivity index (χ4n) is 2.93. The molecular weight excluding hydrogens is 218 g/mol. The van der Waals surface area contributed by atoms with Crippen molar-refractivity contribution in [3.63, 3.8) is 0 Å². The summed E-state index contributed by atoms with van der Waals surface area (Å²) in [6.45, 7) is 2.71. The van der Waals surface area contributed by atoms with Gasteiger partial charge in [0, 0.05) is 6.54 Å². The van der Waals surface area contributed by atoms with Crippen molar-refractivity contribution in [1.29, 1.82) is 0 Å². The van der Waals surface area contributed by atoms with E-state index in [9.17, 15) is 9.90 Å². The van der Waals surface area contributed by atoms with Gasteiger partial charge in [0.2, 0.25) is 0 Å². The lowest BCUT2D eigenvalue weighted by Gasteiger charge is -2.37. The van der Waals surface area contributed by atoms with Crippen LogP contribution in [-0.4, -0.2) is 34.5 Å². The molecule has 0 radical (unpaired) electrons. The van der Waals surface area contributed by atoms with E-state index in [1.54, 1.807) is 0 Å². The fourth-order valence-corrected chi connectivity index (χ4v) is 2.93. The molecule has 4 heteroatoms. The van der Waals surface area contributed by atoms with E-state index < -0.39 is 6.23 Å². The average Bonchev–Trinajstić information content (AvgIpc) is 2.77. The Morgan fingerprint density at radius 2 is 2.06 bits per heavy atom. The Hall–Kier alpha value is -0.770. The van der Waals surface area contributed by atoms with Crippen molar-refractivity contribution in [3.8, 4) is 0 Å². The number of rotatable bonds is 2. The number of carbonyl (C=O) groups excluding carboxylic acids is 1. The van der Waals surface area contributed by atoms with Gasteiger partial charge in [-0.15, -0.1) is 0 Å². The molecule has 0 aromatic heterocycles. The Kier molecular flexibility index (Phi) is 3.92. The highest BCUT2D eigenvalue weighted by Crippen LogP contribution is 2.35. The molecule has 1 aliphatic heterocycles.